The van der Waals surface area contributed by atoms with Gasteiger partial charge in [0.25, 0.3) is 0 Å². The van der Waals surface area contributed by atoms with E-state index in [4.69, 9.17) is 9.94 Å². The molecule has 1 saturated heterocycles. The zero-order chi connectivity index (χ0) is 15.9. The van der Waals surface area contributed by atoms with E-state index in [-0.39, 0.29) is 16.6 Å². The predicted molar refractivity (Wildman–Crippen MR) is 78.7 cm³/mol. The molecule has 0 unspecified atom stereocenters. The van der Waals surface area contributed by atoms with Gasteiger partial charge >= 0.3 is 5.97 Å². The maximum Gasteiger partial charge on any atom is 0.341 e. The van der Waals surface area contributed by atoms with Crippen molar-refractivity contribution in [1.29, 1.82) is 0 Å². The van der Waals surface area contributed by atoms with E-state index in [0.29, 0.717) is 25.2 Å². The molecule has 0 amide bonds. The van der Waals surface area contributed by atoms with Crippen molar-refractivity contribution in [2.24, 2.45) is 0 Å². The van der Waals surface area contributed by atoms with Gasteiger partial charge in [0.1, 0.15) is 17.1 Å². The fraction of sp³-hybridized carbons (Fsp3) is 0.333. The molecule has 7 heteroatoms. The first-order chi connectivity index (χ1) is 10.5. The largest absolute Gasteiger partial charge is 0.477 e. The SMILES string of the molecule is CCn1cc(C(=O)O)c(=O)c2cc(F)c(N3CCCO3)cc21. The van der Waals surface area contributed by atoms with E-state index in [1.807, 2.05) is 6.92 Å². The van der Waals surface area contributed by atoms with Crippen LogP contribution in [0.15, 0.2) is 23.1 Å². The molecule has 2 aromatic rings. The molecule has 0 radical (unpaired) electrons. The maximum absolute atomic E-state index is 14.3. The first-order valence-electron chi connectivity index (χ1n) is 7.03. The average molecular weight is 306 g/mol. The van der Waals surface area contributed by atoms with Gasteiger partial charge in [0.15, 0.2) is 0 Å². The van der Waals surface area contributed by atoms with Crippen molar-refractivity contribution in [2.75, 3.05) is 18.2 Å². The average Bonchev–Trinajstić information content (AvgIpc) is 3.01. The van der Waals surface area contributed by atoms with Gasteiger partial charge in [-0.2, -0.15) is 0 Å². The summed E-state index contributed by atoms with van der Waals surface area (Å²) in [6, 6.07) is 2.62. The third-order valence-corrected chi connectivity index (χ3v) is 3.74. The van der Waals surface area contributed by atoms with Crippen LogP contribution < -0.4 is 10.5 Å². The number of aryl methyl sites for hydroxylation is 1. The van der Waals surface area contributed by atoms with E-state index < -0.39 is 17.2 Å². The number of anilines is 1. The van der Waals surface area contributed by atoms with Crippen molar-refractivity contribution in [2.45, 2.75) is 19.9 Å². The highest BCUT2D eigenvalue weighted by Gasteiger charge is 2.21. The molecule has 0 aliphatic carbocycles. The Kier molecular flexibility index (Phi) is 3.58. The molecule has 1 aromatic carbocycles. The molecule has 3 rings (SSSR count). The molecule has 6 nitrogen and oxygen atoms in total. The monoisotopic (exact) mass is 306 g/mol. The molecule has 1 aliphatic rings. The van der Waals surface area contributed by atoms with Crippen LogP contribution in [0.1, 0.15) is 23.7 Å². The number of aromatic nitrogens is 1. The molecular weight excluding hydrogens is 291 g/mol. The summed E-state index contributed by atoms with van der Waals surface area (Å²) in [7, 11) is 0. The number of hydrogen-bond donors (Lipinski definition) is 1. The van der Waals surface area contributed by atoms with Crippen LogP contribution in [-0.2, 0) is 11.4 Å². The van der Waals surface area contributed by atoms with Crippen molar-refractivity contribution in [3.05, 3.63) is 39.9 Å². The second-order valence-corrected chi connectivity index (χ2v) is 5.07. The minimum atomic E-state index is -1.32. The molecule has 22 heavy (non-hydrogen) atoms. The summed E-state index contributed by atoms with van der Waals surface area (Å²) in [6.45, 7) is 3.38. The summed E-state index contributed by atoms with van der Waals surface area (Å²) in [5.41, 5.74) is -0.294. The Morgan fingerprint density at radius 3 is 2.82 bits per heavy atom. The number of aromatic carboxylic acids is 1. The van der Waals surface area contributed by atoms with Crippen LogP contribution in [0.4, 0.5) is 10.1 Å². The first kappa shape index (κ1) is 14.5. The quantitative estimate of drug-likeness (QED) is 0.939. The molecule has 116 valence electrons. The Morgan fingerprint density at radius 1 is 1.45 bits per heavy atom. The number of carboxylic acid groups (broad SMARTS) is 1. The lowest BCUT2D eigenvalue weighted by atomic mass is 10.1. The molecular formula is C15H15FN2O4. The fourth-order valence-corrected chi connectivity index (χ4v) is 2.64. The van der Waals surface area contributed by atoms with Gasteiger partial charge in [-0.05, 0) is 25.5 Å². The Balaban J connectivity index is 2.30. The summed E-state index contributed by atoms with van der Waals surface area (Å²) in [5, 5.41) is 10.6. The summed E-state index contributed by atoms with van der Waals surface area (Å²) >= 11 is 0. The van der Waals surface area contributed by atoms with Crippen LogP contribution in [0.2, 0.25) is 0 Å². The van der Waals surface area contributed by atoms with Gasteiger partial charge in [0, 0.05) is 24.7 Å². The van der Waals surface area contributed by atoms with Crippen LogP contribution in [-0.4, -0.2) is 28.8 Å². The van der Waals surface area contributed by atoms with Crippen molar-refractivity contribution in [3.63, 3.8) is 0 Å². The van der Waals surface area contributed by atoms with Crippen molar-refractivity contribution >= 4 is 22.6 Å². The van der Waals surface area contributed by atoms with Gasteiger partial charge in [-0.25, -0.2) is 9.18 Å². The third-order valence-electron chi connectivity index (χ3n) is 3.74. The Morgan fingerprint density at radius 2 is 2.23 bits per heavy atom. The Bertz CT molecular complexity index is 809. The highest BCUT2D eigenvalue weighted by molar-refractivity contribution is 5.93. The zero-order valence-corrected chi connectivity index (χ0v) is 12.0. The van der Waals surface area contributed by atoms with Gasteiger partial charge in [0.05, 0.1) is 12.1 Å². The van der Waals surface area contributed by atoms with Crippen molar-refractivity contribution < 1.29 is 19.1 Å². The molecule has 1 aromatic heterocycles. The number of fused-ring (bicyclic) bond motifs is 1. The van der Waals surface area contributed by atoms with Gasteiger partial charge in [0.2, 0.25) is 5.43 Å². The van der Waals surface area contributed by atoms with Crippen LogP contribution in [0.25, 0.3) is 10.9 Å². The highest BCUT2D eigenvalue weighted by Crippen LogP contribution is 2.27. The zero-order valence-electron chi connectivity index (χ0n) is 12.0. The number of carboxylic acids is 1. The topological polar surface area (TPSA) is 71.8 Å². The number of halogens is 1. The minimum absolute atomic E-state index is 0.0576. The second kappa shape index (κ2) is 5.42. The van der Waals surface area contributed by atoms with E-state index in [1.165, 1.54) is 17.3 Å². The third kappa shape index (κ3) is 2.23. The van der Waals surface area contributed by atoms with Gasteiger partial charge in [-0.1, -0.05) is 0 Å². The molecule has 1 aliphatic heterocycles. The highest BCUT2D eigenvalue weighted by atomic mass is 19.1. The van der Waals surface area contributed by atoms with Crippen LogP contribution in [0.3, 0.4) is 0 Å². The van der Waals surface area contributed by atoms with Crippen molar-refractivity contribution in [1.82, 2.24) is 4.57 Å². The van der Waals surface area contributed by atoms with Gasteiger partial charge in [-0.3, -0.25) is 14.7 Å². The Labute approximate surface area is 125 Å². The Hall–Kier alpha value is -2.41. The molecule has 0 saturated carbocycles. The number of carbonyl (C=O) groups is 1. The summed E-state index contributed by atoms with van der Waals surface area (Å²) in [6.07, 6.45) is 2.09. The normalized spacial score (nSPS) is 14.7. The molecule has 0 bridgehead atoms. The maximum atomic E-state index is 14.3. The summed E-state index contributed by atoms with van der Waals surface area (Å²) in [4.78, 5) is 28.7. The lowest BCUT2D eigenvalue weighted by Crippen LogP contribution is -2.21. The number of hydrogen-bond acceptors (Lipinski definition) is 4. The summed E-state index contributed by atoms with van der Waals surface area (Å²) < 4.78 is 15.9. The molecule has 2 heterocycles. The van der Waals surface area contributed by atoms with E-state index in [1.54, 1.807) is 4.57 Å². The predicted octanol–water partition coefficient (Wildman–Crippen LogP) is 2.00. The van der Waals surface area contributed by atoms with E-state index in [2.05, 4.69) is 0 Å². The summed E-state index contributed by atoms with van der Waals surface area (Å²) in [5.74, 6) is -1.92. The number of pyridine rings is 1. The molecule has 0 spiro atoms. The van der Waals surface area contributed by atoms with Gasteiger partial charge in [-0.15, -0.1) is 0 Å². The standard InChI is InChI=1S/C15H15FN2O4/c1-2-17-8-10(15(20)21)14(19)9-6-11(16)13(7-12(9)17)18-4-3-5-22-18/h6-8H,2-5H2,1H3,(H,20,21). The van der Waals surface area contributed by atoms with Crippen LogP contribution in [0.5, 0.6) is 0 Å². The number of benzene rings is 1. The van der Waals surface area contributed by atoms with E-state index in [9.17, 15) is 14.0 Å². The first-order valence-corrected chi connectivity index (χ1v) is 7.03. The van der Waals surface area contributed by atoms with E-state index >= 15 is 0 Å². The minimum Gasteiger partial charge on any atom is -0.477 e. The van der Waals surface area contributed by atoms with Crippen molar-refractivity contribution in [3.8, 4) is 0 Å². The lowest BCUT2D eigenvalue weighted by molar-refractivity contribution is 0.0695. The molecule has 0 atom stereocenters. The van der Waals surface area contributed by atoms with Crippen LogP contribution >= 0.6 is 0 Å². The number of rotatable bonds is 3. The fourth-order valence-electron chi connectivity index (χ4n) is 2.64. The van der Waals surface area contributed by atoms with Crippen LogP contribution in [0, 0.1) is 5.82 Å². The lowest BCUT2D eigenvalue weighted by Gasteiger charge is -2.19. The number of hydroxylamine groups is 1. The number of nitrogens with zero attached hydrogens (tertiary/aromatic N) is 2. The second-order valence-electron chi connectivity index (χ2n) is 5.07. The van der Waals surface area contributed by atoms with Gasteiger partial charge < -0.3 is 9.67 Å². The van der Waals surface area contributed by atoms with E-state index in [0.717, 1.165) is 12.5 Å². The molecule has 1 N–H and O–H groups in total. The molecule has 1 fully saturated rings. The smallest absolute Gasteiger partial charge is 0.341 e.